The van der Waals surface area contributed by atoms with Crippen molar-refractivity contribution in [2.75, 3.05) is 6.54 Å². The van der Waals surface area contributed by atoms with Crippen LogP contribution in [0.5, 0.6) is 0 Å². The van der Waals surface area contributed by atoms with E-state index in [0.29, 0.717) is 0 Å². The van der Waals surface area contributed by atoms with Crippen LogP contribution in [-0.2, 0) is 19.4 Å². The average Bonchev–Trinajstić information content (AvgIpc) is 2.46. The lowest BCUT2D eigenvalue weighted by Gasteiger charge is -2.06. The molecule has 2 aromatic carbocycles. The fourth-order valence-corrected chi connectivity index (χ4v) is 2.14. The molecule has 2 rings (SSSR count). The topological polar surface area (TPSA) is 12.0 Å². The SMILES string of the molecule is CCc1ccc(CNCCc2ccc(Cl)cc2)cc1.Cl. The maximum atomic E-state index is 5.86. The molecule has 0 saturated heterocycles. The summed E-state index contributed by atoms with van der Waals surface area (Å²) >= 11 is 5.86. The zero-order chi connectivity index (χ0) is 13.5. The third kappa shape index (κ3) is 5.54. The molecular weight excluding hydrogens is 289 g/mol. The van der Waals surface area contributed by atoms with Gasteiger partial charge in [-0.15, -0.1) is 12.4 Å². The predicted octanol–water partition coefficient (Wildman–Crippen LogP) is 4.66. The van der Waals surface area contributed by atoms with E-state index in [2.05, 4.69) is 48.6 Å². The van der Waals surface area contributed by atoms with Gasteiger partial charge in [-0.1, -0.05) is 54.9 Å². The van der Waals surface area contributed by atoms with Gasteiger partial charge in [0.1, 0.15) is 0 Å². The molecule has 0 atom stereocenters. The minimum absolute atomic E-state index is 0. The van der Waals surface area contributed by atoms with E-state index in [4.69, 9.17) is 11.6 Å². The molecule has 0 radical (unpaired) electrons. The number of hydrogen-bond acceptors (Lipinski definition) is 1. The molecule has 0 bridgehead atoms. The number of hydrogen-bond donors (Lipinski definition) is 1. The van der Waals surface area contributed by atoms with Gasteiger partial charge < -0.3 is 5.32 Å². The van der Waals surface area contributed by atoms with Gasteiger partial charge in [-0.25, -0.2) is 0 Å². The minimum Gasteiger partial charge on any atom is -0.312 e. The van der Waals surface area contributed by atoms with Crippen LogP contribution < -0.4 is 5.32 Å². The van der Waals surface area contributed by atoms with Gasteiger partial charge in [0, 0.05) is 11.6 Å². The molecule has 3 heteroatoms. The van der Waals surface area contributed by atoms with Gasteiger partial charge in [0.05, 0.1) is 0 Å². The van der Waals surface area contributed by atoms with Crippen LogP contribution in [0.2, 0.25) is 5.02 Å². The van der Waals surface area contributed by atoms with Gasteiger partial charge in [-0.2, -0.15) is 0 Å². The summed E-state index contributed by atoms with van der Waals surface area (Å²) in [7, 11) is 0. The molecule has 0 heterocycles. The highest BCUT2D eigenvalue weighted by Gasteiger charge is 1.95. The Bertz CT molecular complexity index is 491. The van der Waals surface area contributed by atoms with Crippen molar-refractivity contribution in [3.8, 4) is 0 Å². The van der Waals surface area contributed by atoms with Crippen LogP contribution in [0.15, 0.2) is 48.5 Å². The van der Waals surface area contributed by atoms with Crippen LogP contribution in [0.4, 0.5) is 0 Å². The van der Waals surface area contributed by atoms with Crippen LogP contribution >= 0.6 is 24.0 Å². The van der Waals surface area contributed by atoms with Crippen molar-refractivity contribution in [2.45, 2.75) is 26.3 Å². The normalized spacial score (nSPS) is 10.1. The lowest BCUT2D eigenvalue weighted by Crippen LogP contribution is -2.16. The van der Waals surface area contributed by atoms with Crippen LogP contribution in [-0.4, -0.2) is 6.54 Å². The molecule has 20 heavy (non-hydrogen) atoms. The Morgan fingerprint density at radius 1 is 0.850 bits per heavy atom. The molecule has 108 valence electrons. The van der Waals surface area contributed by atoms with Gasteiger partial charge >= 0.3 is 0 Å². The fraction of sp³-hybridized carbons (Fsp3) is 0.294. The van der Waals surface area contributed by atoms with E-state index >= 15 is 0 Å². The quantitative estimate of drug-likeness (QED) is 0.765. The maximum Gasteiger partial charge on any atom is 0.0406 e. The van der Waals surface area contributed by atoms with Gasteiger partial charge in [0.2, 0.25) is 0 Å². The highest BCUT2D eigenvalue weighted by molar-refractivity contribution is 6.30. The monoisotopic (exact) mass is 309 g/mol. The summed E-state index contributed by atoms with van der Waals surface area (Å²) in [5.74, 6) is 0. The molecular formula is C17H21Cl2N. The zero-order valence-corrected chi connectivity index (χ0v) is 13.3. The van der Waals surface area contributed by atoms with Crippen molar-refractivity contribution in [3.05, 3.63) is 70.2 Å². The van der Waals surface area contributed by atoms with Crippen LogP contribution in [0.1, 0.15) is 23.6 Å². The first kappa shape index (κ1) is 17.0. The Balaban J connectivity index is 0.00000200. The van der Waals surface area contributed by atoms with Crippen molar-refractivity contribution in [2.24, 2.45) is 0 Å². The van der Waals surface area contributed by atoms with E-state index in [1.807, 2.05) is 12.1 Å². The molecule has 2 aromatic rings. The summed E-state index contributed by atoms with van der Waals surface area (Å²) in [6.45, 7) is 4.09. The Morgan fingerprint density at radius 3 is 2.00 bits per heavy atom. The summed E-state index contributed by atoms with van der Waals surface area (Å²) in [6, 6.07) is 16.9. The standard InChI is InChI=1S/C17H20ClN.ClH/c1-2-14-3-5-16(6-4-14)13-19-12-11-15-7-9-17(18)10-8-15;/h3-10,19H,2,11-13H2,1H3;1H. The second-order valence-corrected chi connectivity index (χ2v) is 5.16. The van der Waals surface area contributed by atoms with E-state index in [1.165, 1.54) is 16.7 Å². The summed E-state index contributed by atoms with van der Waals surface area (Å²) in [6.07, 6.45) is 2.13. The number of nitrogens with one attached hydrogen (secondary N) is 1. The van der Waals surface area contributed by atoms with Gasteiger partial charge in [-0.05, 0) is 48.2 Å². The molecule has 0 spiro atoms. The molecule has 0 aliphatic heterocycles. The Labute approximate surface area is 132 Å². The zero-order valence-electron chi connectivity index (χ0n) is 11.7. The van der Waals surface area contributed by atoms with Crippen LogP contribution in [0.25, 0.3) is 0 Å². The molecule has 0 aliphatic carbocycles. The lowest BCUT2D eigenvalue weighted by atomic mass is 10.1. The van der Waals surface area contributed by atoms with Crippen LogP contribution in [0, 0.1) is 0 Å². The first-order valence-electron chi connectivity index (χ1n) is 6.81. The van der Waals surface area contributed by atoms with Crippen molar-refractivity contribution in [1.82, 2.24) is 5.32 Å². The second-order valence-electron chi connectivity index (χ2n) is 4.72. The molecule has 0 saturated carbocycles. The first-order chi connectivity index (χ1) is 9.28. The van der Waals surface area contributed by atoms with E-state index in [9.17, 15) is 0 Å². The summed E-state index contributed by atoms with van der Waals surface area (Å²) < 4.78 is 0. The molecule has 0 unspecified atom stereocenters. The van der Waals surface area contributed by atoms with E-state index in [1.54, 1.807) is 0 Å². The van der Waals surface area contributed by atoms with Crippen molar-refractivity contribution >= 4 is 24.0 Å². The Kier molecular flexibility index (Phi) is 7.68. The molecule has 0 aliphatic rings. The maximum absolute atomic E-state index is 5.86. The summed E-state index contributed by atoms with van der Waals surface area (Å²) in [5.41, 5.74) is 4.05. The highest BCUT2D eigenvalue weighted by atomic mass is 35.5. The van der Waals surface area contributed by atoms with Gasteiger partial charge in [-0.3, -0.25) is 0 Å². The molecule has 0 aromatic heterocycles. The molecule has 1 nitrogen and oxygen atoms in total. The van der Waals surface area contributed by atoms with Crippen molar-refractivity contribution in [3.63, 3.8) is 0 Å². The van der Waals surface area contributed by atoms with Gasteiger partial charge in [0.15, 0.2) is 0 Å². The van der Waals surface area contributed by atoms with Crippen molar-refractivity contribution < 1.29 is 0 Å². The summed E-state index contributed by atoms with van der Waals surface area (Å²) in [4.78, 5) is 0. The predicted molar refractivity (Wildman–Crippen MR) is 89.9 cm³/mol. The Morgan fingerprint density at radius 2 is 1.40 bits per heavy atom. The highest BCUT2D eigenvalue weighted by Crippen LogP contribution is 2.09. The molecule has 0 fully saturated rings. The molecule has 0 amide bonds. The van der Waals surface area contributed by atoms with Gasteiger partial charge in [0.25, 0.3) is 0 Å². The minimum atomic E-state index is 0. The lowest BCUT2D eigenvalue weighted by molar-refractivity contribution is 0.687. The Hall–Kier alpha value is -1.02. The van der Waals surface area contributed by atoms with E-state index < -0.39 is 0 Å². The summed E-state index contributed by atoms with van der Waals surface area (Å²) in [5, 5.41) is 4.27. The fourth-order valence-electron chi connectivity index (χ4n) is 2.01. The number of benzene rings is 2. The third-order valence-electron chi connectivity index (χ3n) is 3.26. The smallest absolute Gasteiger partial charge is 0.0406 e. The van der Waals surface area contributed by atoms with E-state index in [0.717, 1.165) is 31.0 Å². The van der Waals surface area contributed by atoms with E-state index in [-0.39, 0.29) is 12.4 Å². The molecule has 1 N–H and O–H groups in total. The second kappa shape index (κ2) is 9.02. The largest absolute Gasteiger partial charge is 0.312 e. The number of halogens is 2. The average molecular weight is 310 g/mol. The number of aryl methyl sites for hydroxylation is 1. The van der Waals surface area contributed by atoms with Crippen LogP contribution in [0.3, 0.4) is 0 Å². The third-order valence-corrected chi connectivity index (χ3v) is 3.52. The van der Waals surface area contributed by atoms with Crippen molar-refractivity contribution in [1.29, 1.82) is 0 Å². The number of rotatable bonds is 6. The first-order valence-corrected chi connectivity index (χ1v) is 7.18.